The van der Waals surface area contributed by atoms with E-state index >= 15 is 0 Å². The van der Waals surface area contributed by atoms with E-state index in [0.717, 1.165) is 15.8 Å². The van der Waals surface area contributed by atoms with Crippen molar-refractivity contribution in [3.05, 3.63) is 46.4 Å². The zero-order chi connectivity index (χ0) is 13.1. The molecule has 2 aromatic rings. The lowest BCUT2D eigenvalue weighted by molar-refractivity contribution is 0.412. The number of nitrogens with two attached hydrogens (primary N) is 1. The highest BCUT2D eigenvalue weighted by atomic mass is 79.9. The maximum Gasteiger partial charge on any atom is 0.154 e. The van der Waals surface area contributed by atoms with Gasteiger partial charge in [0.2, 0.25) is 0 Å². The topological polar surface area (TPSA) is 44.5 Å². The summed E-state index contributed by atoms with van der Waals surface area (Å²) >= 11 is 3.42. The molecule has 0 atom stereocenters. The van der Waals surface area contributed by atoms with E-state index in [1.54, 1.807) is 13.2 Å². The number of ether oxygens (including phenoxy) is 2. The Morgan fingerprint density at radius 3 is 2.50 bits per heavy atom. The van der Waals surface area contributed by atoms with Gasteiger partial charge in [-0.3, -0.25) is 0 Å². The van der Waals surface area contributed by atoms with Gasteiger partial charge in [0, 0.05) is 4.47 Å². The first-order valence-electron chi connectivity index (χ1n) is 5.48. The molecule has 0 aliphatic carbocycles. The van der Waals surface area contributed by atoms with E-state index in [2.05, 4.69) is 15.9 Å². The van der Waals surface area contributed by atoms with E-state index in [0.29, 0.717) is 17.2 Å². The lowest BCUT2D eigenvalue weighted by atomic mass is 10.2. The predicted molar refractivity (Wildman–Crippen MR) is 76.4 cm³/mol. The van der Waals surface area contributed by atoms with Crippen LogP contribution in [-0.4, -0.2) is 7.11 Å². The Hall–Kier alpha value is -1.68. The number of hydrogen-bond donors (Lipinski definition) is 1. The molecule has 0 aliphatic rings. The fourth-order valence-electron chi connectivity index (χ4n) is 1.59. The van der Waals surface area contributed by atoms with Crippen molar-refractivity contribution >= 4 is 21.6 Å². The average molecular weight is 308 g/mol. The highest BCUT2D eigenvalue weighted by molar-refractivity contribution is 9.10. The molecule has 4 heteroatoms. The first kappa shape index (κ1) is 12.8. The van der Waals surface area contributed by atoms with Crippen LogP contribution < -0.4 is 15.2 Å². The number of nitrogen functional groups attached to an aromatic ring is 1. The normalized spacial score (nSPS) is 10.2. The maximum absolute atomic E-state index is 5.97. The molecule has 2 N–H and O–H groups in total. The molecular formula is C14H14BrNO2. The van der Waals surface area contributed by atoms with Gasteiger partial charge in [0.1, 0.15) is 17.2 Å². The molecule has 0 fully saturated rings. The lowest BCUT2D eigenvalue weighted by Crippen LogP contribution is -1.96. The van der Waals surface area contributed by atoms with Gasteiger partial charge in [0.25, 0.3) is 0 Å². The molecule has 0 aromatic heterocycles. The number of aryl methyl sites for hydroxylation is 1. The average Bonchev–Trinajstić information content (AvgIpc) is 2.36. The van der Waals surface area contributed by atoms with E-state index in [4.69, 9.17) is 15.2 Å². The molecule has 2 aromatic carbocycles. The van der Waals surface area contributed by atoms with Gasteiger partial charge in [-0.15, -0.1) is 0 Å². The molecule has 0 amide bonds. The molecule has 0 spiro atoms. The number of para-hydroxylation sites is 1. The molecule has 0 saturated heterocycles. The Balaban J connectivity index is 2.37. The van der Waals surface area contributed by atoms with Crippen molar-refractivity contribution in [3.63, 3.8) is 0 Å². The predicted octanol–water partition coefficient (Wildman–Crippen LogP) is 4.14. The smallest absolute Gasteiger partial charge is 0.154 e. The van der Waals surface area contributed by atoms with E-state index < -0.39 is 0 Å². The van der Waals surface area contributed by atoms with Crippen molar-refractivity contribution in [1.82, 2.24) is 0 Å². The van der Waals surface area contributed by atoms with E-state index in [1.807, 2.05) is 37.3 Å². The van der Waals surface area contributed by atoms with Crippen LogP contribution in [0.1, 0.15) is 5.56 Å². The summed E-state index contributed by atoms with van der Waals surface area (Å²) in [5.41, 5.74) is 7.51. The van der Waals surface area contributed by atoms with Gasteiger partial charge in [-0.25, -0.2) is 0 Å². The van der Waals surface area contributed by atoms with Crippen molar-refractivity contribution < 1.29 is 9.47 Å². The number of rotatable bonds is 3. The van der Waals surface area contributed by atoms with Gasteiger partial charge in [-0.1, -0.05) is 28.1 Å². The maximum atomic E-state index is 5.97. The fourth-order valence-corrected chi connectivity index (χ4v) is 1.93. The SMILES string of the molecule is COc1cccc(Oc2cc(Br)ccc2C)c1N. The van der Waals surface area contributed by atoms with Gasteiger partial charge < -0.3 is 15.2 Å². The minimum atomic E-state index is 0.499. The minimum absolute atomic E-state index is 0.499. The number of benzene rings is 2. The van der Waals surface area contributed by atoms with Crippen LogP contribution in [0.25, 0.3) is 0 Å². The van der Waals surface area contributed by atoms with Crippen molar-refractivity contribution in [1.29, 1.82) is 0 Å². The summed E-state index contributed by atoms with van der Waals surface area (Å²) in [5.74, 6) is 1.97. The van der Waals surface area contributed by atoms with Crippen LogP contribution >= 0.6 is 15.9 Å². The molecule has 94 valence electrons. The van der Waals surface area contributed by atoms with Crippen LogP contribution in [0.4, 0.5) is 5.69 Å². The number of hydrogen-bond acceptors (Lipinski definition) is 3. The fraction of sp³-hybridized carbons (Fsp3) is 0.143. The third kappa shape index (κ3) is 2.59. The summed E-state index contributed by atoms with van der Waals surface area (Å²) in [6, 6.07) is 11.3. The molecule has 0 aliphatic heterocycles. The van der Waals surface area contributed by atoms with Gasteiger partial charge in [-0.05, 0) is 36.8 Å². The molecule has 0 bridgehead atoms. The molecule has 18 heavy (non-hydrogen) atoms. The van der Waals surface area contributed by atoms with Crippen LogP contribution in [0, 0.1) is 6.92 Å². The molecule has 2 rings (SSSR count). The summed E-state index contributed by atoms with van der Waals surface area (Å²) in [5, 5.41) is 0. The zero-order valence-corrected chi connectivity index (χ0v) is 11.8. The summed E-state index contributed by atoms with van der Waals surface area (Å²) in [7, 11) is 1.58. The molecule has 0 unspecified atom stereocenters. The number of halogens is 1. The first-order valence-corrected chi connectivity index (χ1v) is 6.27. The second-order valence-corrected chi connectivity index (χ2v) is 4.80. The van der Waals surface area contributed by atoms with Crippen LogP contribution in [-0.2, 0) is 0 Å². The van der Waals surface area contributed by atoms with Crippen LogP contribution in [0.15, 0.2) is 40.9 Å². The van der Waals surface area contributed by atoms with E-state index in [-0.39, 0.29) is 0 Å². The monoisotopic (exact) mass is 307 g/mol. The first-order chi connectivity index (χ1) is 8.61. The Morgan fingerprint density at radius 2 is 1.78 bits per heavy atom. The van der Waals surface area contributed by atoms with Gasteiger partial charge in [-0.2, -0.15) is 0 Å². The van der Waals surface area contributed by atoms with Crippen molar-refractivity contribution in [2.75, 3.05) is 12.8 Å². The summed E-state index contributed by atoms with van der Waals surface area (Å²) < 4.78 is 12.0. The van der Waals surface area contributed by atoms with Gasteiger partial charge in [0.15, 0.2) is 5.75 Å². The van der Waals surface area contributed by atoms with Gasteiger partial charge in [0.05, 0.1) is 7.11 Å². The summed E-state index contributed by atoms with van der Waals surface area (Å²) in [4.78, 5) is 0. The Kier molecular flexibility index (Phi) is 3.77. The molecule has 3 nitrogen and oxygen atoms in total. The van der Waals surface area contributed by atoms with E-state index in [1.165, 1.54) is 0 Å². The van der Waals surface area contributed by atoms with Crippen molar-refractivity contribution in [2.45, 2.75) is 6.92 Å². The highest BCUT2D eigenvalue weighted by Crippen LogP contribution is 2.36. The van der Waals surface area contributed by atoms with Crippen LogP contribution in [0.2, 0.25) is 0 Å². The molecule has 0 saturated carbocycles. The zero-order valence-electron chi connectivity index (χ0n) is 10.2. The van der Waals surface area contributed by atoms with Crippen LogP contribution in [0.3, 0.4) is 0 Å². The summed E-state index contributed by atoms with van der Waals surface area (Å²) in [6.07, 6.45) is 0. The second-order valence-electron chi connectivity index (χ2n) is 3.88. The van der Waals surface area contributed by atoms with Gasteiger partial charge >= 0.3 is 0 Å². The second kappa shape index (κ2) is 5.31. The number of methoxy groups -OCH3 is 1. The summed E-state index contributed by atoms with van der Waals surface area (Å²) in [6.45, 7) is 1.98. The van der Waals surface area contributed by atoms with Crippen molar-refractivity contribution in [2.24, 2.45) is 0 Å². The third-order valence-electron chi connectivity index (χ3n) is 2.62. The third-order valence-corrected chi connectivity index (χ3v) is 3.11. The Labute approximate surface area is 115 Å². The Bertz CT molecular complexity index is 570. The minimum Gasteiger partial charge on any atom is -0.494 e. The molecule has 0 heterocycles. The van der Waals surface area contributed by atoms with Crippen LogP contribution in [0.5, 0.6) is 17.2 Å². The number of anilines is 1. The largest absolute Gasteiger partial charge is 0.494 e. The standard InChI is InChI=1S/C14H14BrNO2/c1-9-6-7-10(15)8-13(9)18-12-5-3-4-11(17-2)14(12)16/h3-8H,16H2,1-2H3. The molecule has 0 radical (unpaired) electrons. The Morgan fingerprint density at radius 1 is 1.06 bits per heavy atom. The van der Waals surface area contributed by atoms with Crippen molar-refractivity contribution in [3.8, 4) is 17.2 Å². The highest BCUT2D eigenvalue weighted by Gasteiger charge is 2.09. The quantitative estimate of drug-likeness (QED) is 0.867. The molecular weight excluding hydrogens is 294 g/mol. The lowest BCUT2D eigenvalue weighted by Gasteiger charge is -2.13. The van der Waals surface area contributed by atoms with E-state index in [9.17, 15) is 0 Å².